The Kier molecular flexibility index (Phi) is 16.8. The summed E-state index contributed by atoms with van der Waals surface area (Å²) < 4.78 is 0. The van der Waals surface area contributed by atoms with Crippen molar-refractivity contribution in [3.05, 3.63) is 54.1 Å². The van der Waals surface area contributed by atoms with Crippen molar-refractivity contribution in [1.29, 1.82) is 0 Å². The summed E-state index contributed by atoms with van der Waals surface area (Å²) in [6, 6.07) is 6.72. The Balaban J connectivity index is 1.91. The number of amides is 4. The van der Waals surface area contributed by atoms with Gasteiger partial charge in [0.25, 0.3) is 0 Å². The van der Waals surface area contributed by atoms with E-state index < -0.39 is 53.4 Å². The largest absolute Gasteiger partial charge is 0.391 e. The molecule has 52 heavy (non-hydrogen) atoms. The first-order valence-corrected chi connectivity index (χ1v) is 19.2. The zero-order chi connectivity index (χ0) is 38.4. The second-order valence-electron chi connectivity index (χ2n) is 16.0. The average molecular weight is 724 g/mol. The molecular weight excluding hydrogens is 658 g/mol. The van der Waals surface area contributed by atoms with E-state index >= 15 is 0 Å². The summed E-state index contributed by atoms with van der Waals surface area (Å²) in [6.07, 6.45) is 9.56. The molecule has 0 saturated heterocycles. The lowest BCUT2D eigenvalue weighted by molar-refractivity contribution is -0.143. The van der Waals surface area contributed by atoms with Gasteiger partial charge in [0.1, 0.15) is 12.1 Å². The fourth-order valence-corrected chi connectivity index (χ4v) is 6.83. The highest BCUT2D eigenvalue weighted by atomic mass is 16.3. The molecule has 1 aliphatic carbocycles. The minimum Gasteiger partial charge on any atom is -0.391 e. The van der Waals surface area contributed by atoms with Crippen LogP contribution < -0.4 is 21.7 Å². The van der Waals surface area contributed by atoms with E-state index in [1.54, 1.807) is 27.1 Å². The smallest absolute Gasteiger partial charge is 0.245 e. The van der Waals surface area contributed by atoms with E-state index in [1.165, 1.54) is 17.6 Å². The molecule has 290 valence electrons. The van der Waals surface area contributed by atoms with Crippen molar-refractivity contribution in [3.63, 3.8) is 0 Å². The lowest BCUT2D eigenvalue weighted by atomic mass is 9.81. The van der Waals surface area contributed by atoms with Gasteiger partial charge in [0, 0.05) is 44.2 Å². The SMILES string of the molecule is CC[C@H](C)CNC(=O)[C@@H](C[C@H](O)[C@H](CC1CCCCC1)NC(=O)[C@H](Cc1cnc[nH]1)N(C)C(=O)[C@H](Cc1ccccc1)NC(=O)C(C)(C)N)C(C)C. The number of aromatic nitrogens is 2. The van der Waals surface area contributed by atoms with Crippen LogP contribution in [0.5, 0.6) is 0 Å². The molecule has 1 saturated carbocycles. The Morgan fingerprint density at radius 1 is 1.02 bits per heavy atom. The van der Waals surface area contributed by atoms with Crippen LogP contribution >= 0.6 is 0 Å². The fourth-order valence-electron chi connectivity index (χ4n) is 6.83. The van der Waals surface area contributed by atoms with Gasteiger partial charge >= 0.3 is 0 Å². The van der Waals surface area contributed by atoms with Crippen LogP contribution in [-0.2, 0) is 32.0 Å². The van der Waals surface area contributed by atoms with Crippen LogP contribution in [0.4, 0.5) is 0 Å². The van der Waals surface area contributed by atoms with E-state index in [2.05, 4.69) is 39.8 Å². The number of aromatic amines is 1. The average Bonchev–Trinajstić information content (AvgIpc) is 3.64. The Morgan fingerprint density at radius 2 is 1.69 bits per heavy atom. The summed E-state index contributed by atoms with van der Waals surface area (Å²) in [6.45, 7) is 11.8. The fraction of sp³-hybridized carbons (Fsp3) is 0.675. The minimum atomic E-state index is -1.23. The summed E-state index contributed by atoms with van der Waals surface area (Å²) in [7, 11) is 1.56. The molecule has 2 aromatic rings. The number of hydrogen-bond donors (Lipinski definition) is 6. The number of nitrogens with two attached hydrogens (primary N) is 1. The molecule has 0 radical (unpaired) electrons. The molecule has 0 bridgehead atoms. The number of rotatable bonds is 20. The predicted octanol–water partition coefficient (Wildman–Crippen LogP) is 3.88. The lowest BCUT2D eigenvalue weighted by Crippen LogP contribution is -2.60. The van der Waals surface area contributed by atoms with Crippen LogP contribution in [-0.4, -0.2) is 87.0 Å². The van der Waals surface area contributed by atoms with Gasteiger partial charge in [-0.15, -0.1) is 0 Å². The second-order valence-corrected chi connectivity index (χ2v) is 16.0. The number of hydrogen-bond acceptors (Lipinski definition) is 7. The van der Waals surface area contributed by atoms with Gasteiger partial charge in [-0.05, 0) is 50.0 Å². The number of nitrogens with one attached hydrogen (secondary N) is 4. The van der Waals surface area contributed by atoms with Crippen LogP contribution in [0, 0.1) is 23.7 Å². The third-order valence-electron chi connectivity index (χ3n) is 10.6. The van der Waals surface area contributed by atoms with Crippen LogP contribution in [0.2, 0.25) is 0 Å². The normalized spacial score (nSPS) is 17.3. The molecule has 1 heterocycles. The molecule has 0 aliphatic heterocycles. The predicted molar refractivity (Wildman–Crippen MR) is 204 cm³/mol. The van der Waals surface area contributed by atoms with Gasteiger partial charge in [-0.1, -0.05) is 96.6 Å². The molecule has 3 rings (SSSR count). The molecule has 1 aromatic heterocycles. The second kappa shape index (κ2) is 20.5. The first kappa shape index (κ1) is 42.6. The molecule has 1 fully saturated rings. The zero-order valence-corrected chi connectivity index (χ0v) is 32.5. The van der Waals surface area contributed by atoms with E-state index in [0.717, 1.165) is 37.7 Å². The molecule has 6 atom stereocenters. The molecule has 0 unspecified atom stereocenters. The van der Waals surface area contributed by atoms with Gasteiger partial charge < -0.3 is 36.7 Å². The maximum atomic E-state index is 14.5. The van der Waals surface area contributed by atoms with Crippen LogP contribution in [0.3, 0.4) is 0 Å². The van der Waals surface area contributed by atoms with E-state index in [9.17, 15) is 24.3 Å². The number of aliphatic hydroxyl groups is 1. The van der Waals surface area contributed by atoms with Crippen molar-refractivity contribution < 1.29 is 24.3 Å². The Bertz CT molecular complexity index is 1390. The standard InChI is InChI=1S/C40H65N7O5/c1-8-27(4)23-43-36(49)31(26(2)3)22-35(48)32(19-28-15-11-9-12-16-28)45-37(50)34(21-30-24-42-25-44-30)47(7)38(51)33(46-39(52)40(5,6)41)20-29-17-13-10-14-18-29/h10,13-14,17-18,24-28,31-35,48H,8-9,11-12,15-16,19-23,41H2,1-7H3,(H,42,44)(H,43,49)(H,45,50)(H,46,52)/t27-,31-,32-,33-,34-,35-/m0/s1. The zero-order valence-electron chi connectivity index (χ0n) is 32.5. The summed E-state index contributed by atoms with van der Waals surface area (Å²) in [5.41, 5.74) is 6.35. The van der Waals surface area contributed by atoms with Gasteiger partial charge in [-0.3, -0.25) is 19.2 Å². The first-order valence-electron chi connectivity index (χ1n) is 19.2. The van der Waals surface area contributed by atoms with Crippen LogP contribution in [0.1, 0.15) is 104 Å². The van der Waals surface area contributed by atoms with Gasteiger partial charge in [0.15, 0.2) is 0 Å². The number of aliphatic hydroxyl groups excluding tert-OH is 1. The topological polar surface area (TPSA) is 183 Å². The molecule has 1 aliphatic rings. The molecule has 12 nitrogen and oxygen atoms in total. The van der Waals surface area contributed by atoms with Crippen molar-refractivity contribution in [2.45, 2.75) is 136 Å². The number of benzene rings is 1. The Hall–Kier alpha value is -3.77. The van der Waals surface area contributed by atoms with Gasteiger partial charge in [-0.25, -0.2) is 4.98 Å². The number of carbonyl (C=O) groups excluding carboxylic acids is 4. The number of imidazole rings is 1. The number of carbonyl (C=O) groups is 4. The highest BCUT2D eigenvalue weighted by molar-refractivity contribution is 5.94. The molecule has 12 heteroatoms. The summed E-state index contributed by atoms with van der Waals surface area (Å²) in [5, 5.41) is 20.9. The van der Waals surface area contributed by atoms with E-state index in [-0.39, 0.29) is 31.1 Å². The summed E-state index contributed by atoms with van der Waals surface area (Å²) in [5.74, 6) is -1.27. The maximum Gasteiger partial charge on any atom is 0.245 e. The first-order chi connectivity index (χ1) is 24.6. The van der Waals surface area contributed by atoms with E-state index in [0.29, 0.717) is 30.5 Å². The number of H-pyrrole nitrogens is 1. The van der Waals surface area contributed by atoms with E-state index in [4.69, 9.17) is 5.73 Å². The van der Waals surface area contributed by atoms with Crippen molar-refractivity contribution in [3.8, 4) is 0 Å². The van der Waals surface area contributed by atoms with Gasteiger partial charge in [0.2, 0.25) is 23.6 Å². The van der Waals surface area contributed by atoms with Crippen LogP contribution in [0.25, 0.3) is 0 Å². The highest BCUT2D eigenvalue weighted by Crippen LogP contribution is 2.30. The molecule has 4 amide bonds. The Labute approximate surface area is 310 Å². The van der Waals surface area contributed by atoms with Crippen molar-refractivity contribution in [2.24, 2.45) is 29.4 Å². The van der Waals surface area contributed by atoms with E-state index in [1.807, 2.05) is 44.2 Å². The molecule has 1 aromatic carbocycles. The summed E-state index contributed by atoms with van der Waals surface area (Å²) in [4.78, 5) is 63.8. The number of likely N-dealkylation sites (N-methyl/N-ethyl adjacent to an activating group) is 1. The van der Waals surface area contributed by atoms with Gasteiger partial charge in [-0.2, -0.15) is 0 Å². The monoisotopic (exact) mass is 724 g/mol. The van der Waals surface area contributed by atoms with Crippen molar-refractivity contribution >= 4 is 23.6 Å². The highest BCUT2D eigenvalue weighted by Gasteiger charge is 2.37. The molecule has 7 N–H and O–H groups in total. The van der Waals surface area contributed by atoms with Crippen LogP contribution in [0.15, 0.2) is 42.9 Å². The Morgan fingerprint density at radius 3 is 2.27 bits per heavy atom. The van der Waals surface area contributed by atoms with Crippen molar-refractivity contribution in [2.75, 3.05) is 13.6 Å². The maximum absolute atomic E-state index is 14.5. The molecule has 0 spiro atoms. The molecular formula is C40H65N7O5. The third-order valence-corrected chi connectivity index (χ3v) is 10.6. The number of nitrogens with zero attached hydrogens (tertiary/aromatic N) is 2. The van der Waals surface area contributed by atoms with Gasteiger partial charge in [0.05, 0.1) is 24.0 Å². The minimum absolute atomic E-state index is 0.0234. The summed E-state index contributed by atoms with van der Waals surface area (Å²) >= 11 is 0. The van der Waals surface area contributed by atoms with Crippen molar-refractivity contribution in [1.82, 2.24) is 30.8 Å². The lowest BCUT2D eigenvalue weighted by Gasteiger charge is -2.35. The third kappa shape index (κ3) is 13.3. The quantitative estimate of drug-likeness (QED) is 0.120.